The summed E-state index contributed by atoms with van der Waals surface area (Å²) in [4.78, 5) is 14.7. The summed E-state index contributed by atoms with van der Waals surface area (Å²) in [5.74, 6) is -1.02. The van der Waals surface area contributed by atoms with E-state index in [1.807, 2.05) is 0 Å². The zero-order chi connectivity index (χ0) is 11.4. The average Bonchev–Trinajstić information content (AvgIpc) is 2.79. The van der Waals surface area contributed by atoms with Gasteiger partial charge in [0.15, 0.2) is 5.69 Å². The second kappa shape index (κ2) is 4.94. The lowest BCUT2D eigenvalue weighted by molar-refractivity contribution is 0.0691. The van der Waals surface area contributed by atoms with E-state index in [-0.39, 0.29) is 11.8 Å². The fourth-order valence-electron chi connectivity index (χ4n) is 1.75. The number of anilines is 1. The lowest BCUT2D eigenvalue weighted by atomic mass is 10.2. The van der Waals surface area contributed by atoms with Gasteiger partial charge in [0.25, 0.3) is 0 Å². The van der Waals surface area contributed by atoms with Crippen LogP contribution in [0, 0.1) is 0 Å². The molecule has 1 aliphatic rings. The third-order valence-corrected chi connectivity index (χ3v) is 2.55. The molecule has 0 saturated carbocycles. The first-order chi connectivity index (χ1) is 7.77. The molecule has 5 nitrogen and oxygen atoms in total. The van der Waals surface area contributed by atoms with Crippen LogP contribution in [0.25, 0.3) is 0 Å². The number of carboxylic acids is 1. The van der Waals surface area contributed by atoms with Crippen LogP contribution in [0.5, 0.6) is 0 Å². The summed E-state index contributed by atoms with van der Waals surface area (Å²) in [6, 6.07) is 3.43. The summed E-state index contributed by atoms with van der Waals surface area (Å²) in [6.07, 6.45) is 3.75. The van der Waals surface area contributed by atoms with Crippen molar-refractivity contribution in [1.82, 2.24) is 4.98 Å². The van der Waals surface area contributed by atoms with E-state index in [2.05, 4.69) is 10.3 Å². The Hall–Kier alpha value is -1.62. The average molecular weight is 222 g/mol. The molecule has 2 N–H and O–H groups in total. The van der Waals surface area contributed by atoms with E-state index in [1.54, 1.807) is 12.1 Å². The molecule has 16 heavy (non-hydrogen) atoms. The SMILES string of the molecule is O=C(O)c1ncccc1NCC1CCCO1. The van der Waals surface area contributed by atoms with Crippen molar-refractivity contribution in [3.8, 4) is 0 Å². The van der Waals surface area contributed by atoms with Gasteiger partial charge in [-0.15, -0.1) is 0 Å². The van der Waals surface area contributed by atoms with Gasteiger partial charge in [-0.1, -0.05) is 0 Å². The minimum Gasteiger partial charge on any atom is -0.476 e. The van der Waals surface area contributed by atoms with E-state index in [9.17, 15) is 4.79 Å². The molecule has 0 amide bonds. The van der Waals surface area contributed by atoms with Crippen LogP contribution in [0.15, 0.2) is 18.3 Å². The molecule has 2 heterocycles. The first-order valence-electron chi connectivity index (χ1n) is 5.31. The van der Waals surface area contributed by atoms with Crippen molar-refractivity contribution in [1.29, 1.82) is 0 Å². The van der Waals surface area contributed by atoms with Gasteiger partial charge in [-0.3, -0.25) is 0 Å². The molecule has 1 aromatic heterocycles. The highest BCUT2D eigenvalue weighted by molar-refractivity contribution is 5.91. The third kappa shape index (κ3) is 2.49. The standard InChI is InChI=1S/C11H14N2O3/c14-11(15)10-9(4-1-5-12-10)13-7-8-3-2-6-16-8/h1,4-5,8,13H,2-3,6-7H2,(H,14,15). The van der Waals surface area contributed by atoms with Crippen molar-refractivity contribution in [2.75, 3.05) is 18.5 Å². The molecule has 0 spiro atoms. The van der Waals surface area contributed by atoms with Crippen molar-refractivity contribution in [2.24, 2.45) is 0 Å². The number of pyridine rings is 1. The van der Waals surface area contributed by atoms with Gasteiger partial charge in [0, 0.05) is 19.3 Å². The number of aromatic carboxylic acids is 1. The highest BCUT2D eigenvalue weighted by atomic mass is 16.5. The lowest BCUT2D eigenvalue weighted by Crippen LogP contribution is -2.20. The first-order valence-corrected chi connectivity index (χ1v) is 5.31. The minimum absolute atomic E-state index is 0.0560. The summed E-state index contributed by atoms with van der Waals surface area (Å²) in [5.41, 5.74) is 0.603. The van der Waals surface area contributed by atoms with Gasteiger partial charge < -0.3 is 15.2 Å². The normalized spacial score (nSPS) is 19.6. The lowest BCUT2D eigenvalue weighted by Gasteiger charge is -2.12. The van der Waals surface area contributed by atoms with Gasteiger partial charge in [0.05, 0.1) is 11.8 Å². The topological polar surface area (TPSA) is 71.5 Å². The maximum Gasteiger partial charge on any atom is 0.356 e. The van der Waals surface area contributed by atoms with Crippen molar-refractivity contribution < 1.29 is 14.6 Å². The Morgan fingerprint density at radius 3 is 3.25 bits per heavy atom. The minimum atomic E-state index is -1.02. The van der Waals surface area contributed by atoms with E-state index in [0.29, 0.717) is 12.2 Å². The van der Waals surface area contributed by atoms with Crippen molar-refractivity contribution in [2.45, 2.75) is 18.9 Å². The molecule has 1 saturated heterocycles. The van der Waals surface area contributed by atoms with E-state index in [0.717, 1.165) is 19.4 Å². The van der Waals surface area contributed by atoms with Gasteiger partial charge >= 0.3 is 5.97 Å². The Bertz CT molecular complexity index is 375. The largest absolute Gasteiger partial charge is 0.476 e. The molecule has 1 aliphatic heterocycles. The van der Waals surface area contributed by atoms with Gasteiger partial charge in [-0.2, -0.15) is 0 Å². The number of carbonyl (C=O) groups is 1. The number of aromatic nitrogens is 1. The summed E-state index contributed by atoms with van der Waals surface area (Å²) in [7, 11) is 0. The van der Waals surface area contributed by atoms with Crippen LogP contribution in [-0.4, -0.2) is 35.3 Å². The van der Waals surface area contributed by atoms with E-state index >= 15 is 0 Å². The summed E-state index contributed by atoms with van der Waals surface area (Å²) < 4.78 is 5.44. The van der Waals surface area contributed by atoms with E-state index in [1.165, 1.54) is 6.20 Å². The van der Waals surface area contributed by atoms with Gasteiger partial charge in [0.1, 0.15) is 0 Å². The summed E-state index contributed by atoms with van der Waals surface area (Å²) in [6.45, 7) is 1.43. The predicted molar refractivity (Wildman–Crippen MR) is 58.7 cm³/mol. The first kappa shape index (κ1) is 10.9. The Balaban J connectivity index is 2.00. The van der Waals surface area contributed by atoms with Gasteiger partial charge in [-0.25, -0.2) is 9.78 Å². The molecule has 1 fully saturated rings. The van der Waals surface area contributed by atoms with Crippen LogP contribution < -0.4 is 5.32 Å². The fraction of sp³-hybridized carbons (Fsp3) is 0.455. The molecule has 0 bridgehead atoms. The van der Waals surface area contributed by atoms with Crippen molar-refractivity contribution >= 4 is 11.7 Å². The highest BCUT2D eigenvalue weighted by Crippen LogP contribution is 2.15. The third-order valence-electron chi connectivity index (χ3n) is 2.55. The number of nitrogens with one attached hydrogen (secondary N) is 1. The zero-order valence-electron chi connectivity index (χ0n) is 8.85. The molecule has 0 radical (unpaired) electrons. The number of rotatable bonds is 4. The Kier molecular flexibility index (Phi) is 3.36. The molecule has 1 aromatic rings. The number of carboxylic acid groups (broad SMARTS) is 1. The molecular formula is C11H14N2O3. The van der Waals surface area contributed by atoms with Crippen LogP contribution in [0.1, 0.15) is 23.3 Å². The van der Waals surface area contributed by atoms with Crippen molar-refractivity contribution in [3.05, 3.63) is 24.0 Å². The molecule has 2 rings (SSSR count). The highest BCUT2D eigenvalue weighted by Gasteiger charge is 2.16. The fourth-order valence-corrected chi connectivity index (χ4v) is 1.75. The smallest absolute Gasteiger partial charge is 0.356 e. The molecule has 1 atom stereocenters. The maximum absolute atomic E-state index is 10.9. The molecule has 0 aliphatic carbocycles. The van der Waals surface area contributed by atoms with Crippen LogP contribution in [0.3, 0.4) is 0 Å². The Labute approximate surface area is 93.5 Å². The predicted octanol–water partition coefficient (Wildman–Crippen LogP) is 1.37. The molecule has 1 unspecified atom stereocenters. The molecule has 86 valence electrons. The van der Waals surface area contributed by atoms with E-state index in [4.69, 9.17) is 9.84 Å². The monoisotopic (exact) mass is 222 g/mol. The van der Waals surface area contributed by atoms with Gasteiger partial charge in [-0.05, 0) is 25.0 Å². The number of ether oxygens (including phenoxy) is 1. The Morgan fingerprint density at radius 2 is 2.56 bits per heavy atom. The van der Waals surface area contributed by atoms with Crippen LogP contribution >= 0.6 is 0 Å². The van der Waals surface area contributed by atoms with Gasteiger partial charge in [0.2, 0.25) is 0 Å². The molecule has 5 heteroatoms. The van der Waals surface area contributed by atoms with Crippen molar-refractivity contribution in [3.63, 3.8) is 0 Å². The zero-order valence-corrected chi connectivity index (χ0v) is 8.85. The molecular weight excluding hydrogens is 208 g/mol. The Morgan fingerprint density at radius 1 is 1.69 bits per heavy atom. The number of nitrogens with zero attached hydrogens (tertiary/aromatic N) is 1. The summed E-state index contributed by atoms with van der Waals surface area (Å²) in [5, 5.41) is 12.0. The maximum atomic E-state index is 10.9. The molecule has 0 aromatic carbocycles. The van der Waals surface area contributed by atoms with Crippen LogP contribution in [-0.2, 0) is 4.74 Å². The number of hydrogen-bond acceptors (Lipinski definition) is 4. The number of hydrogen-bond donors (Lipinski definition) is 2. The summed E-state index contributed by atoms with van der Waals surface area (Å²) >= 11 is 0. The van der Waals surface area contributed by atoms with Crippen LogP contribution in [0.2, 0.25) is 0 Å². The van der Waals surface area contributed by atoms with Crippen LogP contribution in [0.4, 0.5) is 5.69 Å². The van der Waals surface area contributed by atoms with E-state index < -0.39 is 5.97 Å². The second-order valence-electron chi connectivity index (χ2n) is 3.72. The second-order valence-corrected chi connectivity index (χ2v) is 3.72. The quantitative estimate of drug-likeness (QED) is 0.805.